The quantitative estimate of drug-likeness (QED) is 0.598. The fourth-order valence-corrected chi connectivity index (χ4v) is 0.963. The van der Waals surface area contributed by atoms with Crippen molar-refractivity contribution < 1.29 is 14.3 Å². The smallest absolute Gasteiger partial charge is 0.250 e. The van der Waals surface area contributed by atoms with E-state index in [1.54, 1.807) is 0 Å². The van der Waals surface area contributed by atoms with E-state index in [9.17, 15) is 9.59 Å². The number of hydrogen-bond donors (Lipinski definition) is 1. The number of amides is 2. The van der Waals surface area contributed by atoms with Gasteiger partial charge in [0.15, 0.2) is 0 Å². The van der Waals surface area contributed by atoms with Crippen molar-refractivity contribution in [1.82, 2.24) is 5.32 Å². The van der Waals surface area contributed by atoms with Crippen molar-refractivity contribution in [2.24, 2.45) is 0 Å². The third kappa shape index (κ3) is 3.38. The van der Waals surface area contributed by atoms with Gasteiger partial charge in [0.25, 0.3) is 11.8 Å². The highest BCUT2D eigenvalue weighted by atomic mass is 16.5. The van der Waals surface area contributed by atoms with Crippen molar-refractivity contribution >= 4 is 11.8 Å². The van der Waals surface area contributed by atoms with Crippen molar-refractivity contribution in [3.8, 4) is 0 Å². The number of nitrogens with one attached hydrogen (secondary N) is 1. The fraction of sp³-hybridized carbons (Fsp3) is 0.556. The second-order valence-corrected chi connectivity index (χ2v) is 2.88. The zero-order chi connectivity index (χ0) is 9.68. The maximum Gasteiger partial charge on any atom is 0.250 e. The molecule has 1 fully saturated rings. The minimum atomic E-state index is -0.329. The minimum Gasteiger partial charge on any atom is -0.378 e. The molecule has 2 rings (SSSR count). The van der Waals surface area contributed by atoms with Crippen molar-refractivity contribution in [1.29, 1.82) is 0 Å². The molecule has 2 aliphatic rings. The zero-order valence-electron chi connectivity index (χ0n) is 7.58. The molecule has 0 radical (unpaired) electrons. The Kier molecular flexibility index (Phi) is 3.64. The number of hydrogen-bond acceptors (Lipinski definition) is 3. The zero-order valence-corrected chi connectivity index (χ0v) is 7.58. The lowest BCUT2D eigenvalue weighted by atomic mass is 10.1. The Morgan fingerprint density at radius 2 is 2.00 bits per heavy atom. The van der Waals surface area contributed by atoms with Crippen LogP contribution in [0.2, 0.25) is 0 Å². The molecule has 4 heteroatoms. The van der Waals surface area contributed by atoms with Gasteiger partial charge in [0.2, 0.25) is 0 Å². The van der Waals surface area contributed by atoms with E-state index in [1.165, 1.54) is 25.0 Å². The molecule has 0 spiro atoms. The van der Waals surface area contributed by atoms with Crippen molar-refractivity contribution in [2.75, 3.05) is 6.61 Å². The first-order valence-corrected chi connectivity index (χ1v) is 4.37. The van der Waals surface area contributed by atoms with E-state index in [0.717, 1.165) is 6.61 Å². The van der Waals surface area contributed by atoms with Crippen molar-refractivity contribution in [3.05, 3.63) is 12.2 Å². The average molecular weight is 183 g/mol. The predicted molar refractivity (Wildman–Crippen MR) is 46.9 cm³/mol. The highest BCUT2D eigenvalue weighted by molar-refractivity contribution is 6.12. The molecule has 13 heavy (non-hydrogen) atoms. The summed E-state index contributed by atoms with van der Waals surface area (Å²) in [5.74, 6) is -0.657. The molecule has 0 bridgehead atoms. The Morgan fingerprint density at radius 3 is 2.08 bits per heavy atom. The molecule has 1 saturated heterocycles. The summed E-state index contributed by atoms with van der Waals surface area (Å²) in [6.07, 6.45) is 5.49. The van der Waals surface area contributed by atoms with Gasteiger partial charge in [-0.05, 0) is 12.8 Å². The predicted octanol–water partition coefficient (Wildman–Crippen LogP) is 0.384. The third-order valence-corrected chi connectivity index (χ3v) is 1.88. The summed E-state index contributed by atoms with van der Waals surface area (Å²) < 4.78 is 5.08. The first kappa shape index (κ1) is 9.92. The van der Waals surface area contributed by atoms with Crippen LogP contribution in [0.3, 0.4) is 0 Å². The van der Waals surface area contributed by atoms with E-state index in [-0.39, 0.29) is 11.8 Å². The van der Waals surface area contributed by atoms with Crippen LogP contribution in [-0.2, 0) is 14.3 Å². The van der Waals surface area contributed by atoms with E-state index < -0.39 is 0 Å². The summed E-state index contributed by atoms with van der Waals surface area (Å²) in [6.45, 7) is 3.16. The maximum absolute atomic E-state index is 10.0. The van der Waals surface area contributed by atoms with Crippen LogP contribution in [0.5, 0.6) is 0 Å². The molecule has 0 aromatic carbocycles. The molecule has 4 nitrogen and oxygen atoms in total. The van der Waals surface area contributed by atoms with E-state index in [2.05, 4.69) is 6.92 Å². The fourth-order valence-electron chi connectivity index (χ4n) is 0.963. The van der Waals surface area contributed by atoms with Gasteiger partial charge in [-0.3, -0.25) is 14.9 Å². The van der Waals surface area contributed by atoms with E-state index in [4.69, 9.17) is 4.74 Å². The Balaban J connectivity index is 0.000000132. The largest absolute Gasteiger partial charge is 0.378 e. The van der Waals surface area contributed by atoms with Crippen LogP contribution < -0.4 is 5.32 Å². The molecule has 0 aliphatic carbocycles. The molecule has 0 saturated carbocycles. The second kappa shape index (κ2) is 4.77. The number of carbonyl (C=O) groups is 2. The topological polar surface area (TPSA) is 55.4 Å². The van der Waals surface area contributed by atoms with E-state index >= 15 is 0 Å². The van der Waals surface area contributed by atoms with Crippen LogP contribution in [0.25, 0.3) is 0 Å². The molecule has 2 aliphatic heterocycles. The van der Waals surface area contributed by atoms with Gasteiger partial charge in [-0.2, -0.15) is 0 Å². The van der Waals surface area contributed by atoms with Crippen LogP contribution in [0, 0.1) is 0 Å². The van der Waals surface area contributed by atoms with Gasteiger partial charge in [-0.15, -0.1) is 0 Å². The molecule has 1 unspecified atom stereocenters. The van der Waals surface area contributed by atoms with Gasteiger partial charge in [-0.25, -0.2) is 0 Å². The number of carbonyl (C=O) groups excluding carboxylic acids is 2. The molecule has 72 valence electrons. The van der Waals surface area contributed by atoms with Crippen LogP contribution in [-0.4, -0.2) is 24.5 Å². The lowest BCUT2D eigenvalue weighted by Crippen LogP contribution is -2.25. The van der Waals surface area contributed by atoms with Gasteiger partial charge in [0, 0.05) is 18.8 Å². The van der Waals surface area contributed by atoms with Crippen molar-refractivity contribution in [2.45, 2.75) is 25.9 Å². The molecule has 2 amide bonds. The lowest BCUT2D eigenvalue weighted by molar-refractivity contribution is -0.123. The van der Waals surface area contributed by atoms with Crippen LogP contribution in [0.1, 0.15) is 19.8 Å². The first-order valence-electron chi connectivity index (χ1n) is 4.37. The molecule has 0 aromatic rings. The first-order chi connectivity index (χ1) is 6.22. The summed E-state index contributed by atoms with van der Waals surface area (Å²) in [5.41, 5.74) is 0. The number of imide groups is 1. The summed E-state index contributed by atoms with van der Waals surface area (Å²) >= 11 is 0. The second-order valence-electron chi connectivity index (χ2n) is 2.88. The van der Waals surface area contributed by atoms with Crippen LogP contribution in [0.4, 0.5) is 0 Å². The normalized spacial score (nSPS) is 24.5. The molecule has 2 heterocycles. The Morgan fingerprint density at radius 1 is 1.46 bits per heavy atom. The number of rotatable bonds is 1. The summed E-state index contributed by atoms with van der Waals surface area (Å²) in [5, 5.41) is 2.03. The van der Waals surface area contributed by atoms with Crippen molar-refractivity contribution in [3.63, 3.8) is 0 Å². The highest BCUT2D eigenvalue weighted by Gasteiger charge is 2.13. The SMILES string of the molecule is CCC1CCO1.O=C1C=CC(=O)N1. The van der Waals surface area contributed by atoms with Gasteiger partial charge in [0.05, 0.1) is 6.10 Å². The standard InChI is InChI=1S/C5H10O.C4H3NO2/c1-2-5-3-4-6-5;6-3-1-2-4(7)5-3/h5H,2-4H2,1H3;1-2H,(H,5,6,7). The Bertz CT molecular complexity index is 212. The maximum atomic E-state index is 10.0. The van der Waals surface area contributed by atoms with E-state index in [0.29, 0.717) is 6.10 Å². The van der Waals surface area contributed by atoms with Gasteiger partial charge < -0.3 is 4.74 Å². The Hall–Kier alpha value is -1.16. The molecule has 1 atom stereocenters. The lowest BCUT2D eigenvalue weighted by Gasteiger charge is -2.24. The minimum absolute atomic E-state index is 0.329. The molecule has 1 N–H and O–H groups in total. The van der Waals surface area contributed by atoms with Gasteiger partial charge in [-0.1, -0.05) is 6.92 Å². The van der Waals surface area contributed by atoms with Crippen LogP contribution in [0.15, 0.2) is 12.2 Å². The molecule has 0 aromatic heterocycles. The Labute approximate surface area is 76.9 Å². The van der Waals surface area contributed by atoms with E-state index in [1.807, 2.05) is 5.32 Å². The summed E-state index contributed by atoms with van der Waals surface area (Å²) in [6, 6.07) is 0. The molecular weight excluding hydrogens is 170 g/mol. The highest BCUT2D eigenvalue weighted by Crippen LogP contribution is 2.12. The monoisotopic (exact) mass is 183 g/mol. The molecular formula is C9H13NO3. The van der Waals surface area contributed by atoms with Gasteiger partial charge in [0.1, 0.15) is 0 Å². The van der Waals surface area contributed by atoms with Gasteiger partial charge >= 0.3 is 0 Å². The van der Waals surface area contributed by atoms with Crippen LogP contribution >= 0.6 is 0 Å². The third-order valence-electron chi connectivity index (χ3n) is 1.88. The average Bonchev–Trinajstić information content (AvgIpc) is 2.33. The summed E-state index contributed by atoms with van der Waals surface area (Å²) in [7, 11) is 0. The number of ether oxygens (including phenoxy) is 1. The summed E-state index contributed by atoms with van der Waals surface area (Å²) in [4.78, 5) is 20.1.